The molecule has 10 nitrogen and oxygen atoms in total. The summed E-state index contributed by atoms with van der Waals surface area (Å²) >= 11 is 0. The molecule has 3 fully saturated rings. The highest BCUT2D eigenvalue weighted by Gasteiger charge is 2.52. The van der Waals surface area contributed by atoms with Gasteiger partial charge in [0.2, 0.25) is 11.9 Å². The maximum absolute atomic E-state index is 13.4. The van der Waals surface area contributed by atoms with E-state index in [2.05, 4.69) is 10.2 Å². The first-order chi connectivity index (χ1) is 17.7. The van der Waals surface area contributed by atoms with Crippen LogP contribution in [0.5, 0.6) is 0 Å². The number of aromatic nitrogens is 2. The Morgan fingerprint density at radius 2 is 1.74 bits per heavy atom. The average Bonchev–Trinajstić information content (AvgIpc) is 3.62. The number of ether oxygens (including phenoxy) is 1. The summed E-state index contributed by atoms with van der Waals surface area (Å²) in [5.41, 5.74) is -0.686. The lowest BCUT2D eigenvalue weighted by atomic mass is 9.81. The number of piperidine rings is 1. The molecule has 0 bridgehead atoms. The van der Waals surface area contributed by atoms with E-state index in [1.54, 1.807) is 40.1 Å². The van der Waals surface area contributed by atoms with Gasteiger partial charge in [-0.15, -0.1) is 0 Å². The predicted molar refractivity (Wildman–Crippen MR) is 146 cm³/mol. The molecule has 2 aliphatic heterocycles. The van der Waals surface area contributed by atoms with Crippen LogP contribution in [0.15, 0.2) is 12.4 Å². The summed E-state index contributed by atoms with van der Waals surface area (Å²) in [7, 11) is -0.506. The molecule has 1 aromatic rings. The predicted octanol–water partition coefficient (Wildman–Crippen LogP) is 3.04. The largest absolute Gasteiger partial charge is 0.498 e. The highest BCUT2D eigenvalue weighted by Crippen LogP contribution is 2.36. The summed E-state index contributed by atoms with van der Waals surface area (Å²) in [6.07, 6.45) is 8.07. The Morgan fingerprint density at radius 1 is 1.13 bits per heavy atom. The van der Waals surface area contributed by atoms with Crippen LogP contribution in [-0.2, 0) is 18.8 Å². The van der Waals surface area contributed by atoms with Gasteiger partial charge in [-0.25, -0.2) is 14.8 Å². The van der Waals surface area contributed by atoms with E-state index in [9.17, 15) is 9.59 Å². The number of hydrogen-bond acceptors (Lipinski definition) is 8. The Morgan fingerprint density at radius 3 is 2.29 bits per heavy atom. The van der Waals surface area contributed by atoms with Gasteiger partial charge in [0.15, 0.2) is 0 Å². The number of carbonyl (C=O) groups is 2. The Balaban J connectivity index is 1.43. The molecule has 1 N–H and O–H groups in total. The molecule has 0 spiro atoms. The van der Waals surface area contributed by atoms with Gasteiger partial charge in [0, 0.05) is 43.0 Å². The molecule has 1 aliphatic carbocycles. The number of nitrogens with one attached hydrogen (secondary N) is 1. The monoisotopic (exact) mass is 529 g/mol. The first-order valence-electron chi connectivity index (χ1n) is 13.9. The zero-order valence-corrected chi connectivity index (χ0v) is 24.2. The van der Waals surface area contributed by atoms with Crippen molar-refractivity contribution in [1.29, 1.82) is 0 Å². The standard InChI is InChI=1S/C27H44BN5O5/c1-18(31-24(35)36-25(2,3)4)22(34)32-14-10-9-11-21(32)17-33(20-12-13-20)23-29-15-19(16-30-23)28-37-26(5,6)27(7,8)38-28/h15-16,18,20-21H,9-14,17H2,1-8H3,(H,31,35)/t18-,21+/m1/s1. The molecule has 1 aromatic heterocycles. The summed E-state index contributed by atoms with van der Waals surface area (Å²) in [6, 6.07) is -0.282. The molecule has 38 heavy (non-hydrogen) atoms. The van der Waals surface area contributed by atoms with Gasteiger partial charge in [-0.05, 0) is 87.5 Å². The Hall–Kier alpha value is -2.40. The van der Waals surface area contributed by atoms with Crippen LogP contribution in [0.1, 0.15) is 87.5 Å². The molecular weight excluding hydrogens is 485 g/mol. The van der Waals surface area contributed by atoms with Crippen LogP contribution < -0.4 is 15.7 Å². The fraction of sp³-hybridized carbons (Fsp3) is 0.778. The molecule has 210 valence electrons. The number of anilines is 1. The maximum Gasteiger partial charge on any atom is 0.498 e. The van der Waals surface area contributed by atoms with Crippen molar-refractivity contribution in [1.82, 2.24) is 20.2 Å². The van der Waals surface area contributed by atoms with Crippen LogP contribution in [-0.4, -0.2) is 82.0 Å². The summed E-state index contributed by atoms with van der Waals surface area (Å²) in [5.74, 6) is 0.569. The van der Waals surface area contributed by atoms with Crippen molar-refractivity contribution in [3.05, 3.63) is 12.4 Å². The van der Waals surface area contributed by atoms with Crippen molar-refractivity contribution >= 4 is 30.5 Å². The van der Waals surface area contributed by atoms with E-state index < -0.39 is 36.1 Å². The third kappa shape index (κ3) is 6.59. The minimum Gasteiger partial charge on any atom is -0.444 e. The third-order valence-electron chi connectivity index (χ3n) is 7.85. The number of amides is 2. The fourth-order valence-corrected chi connectivity index (χ4v) is 4.86. The number of rotatable bonds is 7. The van der Waals surface area contributed by atoms with Crippen LogP contribution in [0.25, 0.3) is 0 Å². The van der Waals surface area contributed by atoms with Crippen molar-refractivity contribution in [3.63, 3.8) is 0 Å². The second-order valence-electron chi connectivity index (χ2n) is 12.8. The van der Waals surface area contributed by atoms with Gasteiger partial charge in [0.05, 0.1) is 11.2 Å². The first-order valence-corrected chi connectivity index (χ1v) is 13.9. The smallest absolute Gasteiger partial charge is 0.444 e. The van der Waals surface area contributed by atoms with Crippen LogP contribution in [0, 0.1) is 0 Å². The van der Waals surface area contributed by atoms with Crippen molar-refractivity contribution < 1.29 is 23.6 Å². The second kappa shape index (κ2) is 10.6. The second-order valence-corrected chi connectivity index (χ2v) is 12.8. The van der Waals surface area contributed by atoms with E-state index in [0.29, 0.717) is 25.1 Å². The van der Waals surface area contributed by atoms with Gasteiger partial charge in [-0.1, -0.05) is 0 Å². The molecule has 2 saturated heterocycles. The van der Waals surface area contributed by atoms with Gasteiger partial charge in [0.1, 0.15) is 11.6 Å². The molecule has 4 rings (SSSR count). The summed E-state index contributed by atoms with van der Waals surface area (Å²) in [6.45, 7) is 16.6. The van der Waals surface area contributed by atoms with Crippen LogP contribution >= 0.6 is 0 Å². The summed E-state index contributed by atoms with van der Waals surface area (Å²) in [4.78, 5) is 39.2. The highest BCUT2D eigenvalue weighted by atomic mass is 16.7. The minimum absolute atomic E-state index is 0.0195. The quantitative estimate of drug-likeness (QED) is 0.538. The Bertz CT molecular complexity index is 992. The fourth-order valence-electron chi connectivity index (χ4n) is 4.86. The van der Waals surface area contributed by atoms with E-state index in [4.69, 9.17) is 24.0 Å². The van der Waals surface area contributed by atoms with E-state index in [0.717, 1.165) is 37.6 Å². The molecule has 2 amide bonds. The van der Waals surface area contributed by atoms with E-state index in [1.807, 2.05) is 32.6 Å². The van der Waals surface area contributed by atoms with Gasteiger partial charge in [-0.3, -0.25) is 4.79 Å². The lowest BCUT2D eigenvalue weighted by Crippen LogP contribution is -2.56. The number of nitrogens with zero attached hydrogens (tertiary/aromatic N) is 4. The molecule has 0 aromatic carbocycles. The molecule has 2 atom stereocenters. The number of carbonyl (C=O) groups excluding carboxylic acids is 2. The highest BCUT2D eigenvalue weighted by molar-refractivity contribution is 6.61. The zero-order valence-electron chi connectivity index (χ0n) is 24.2. The van der Waals surface area contributed by atoms with Crippen LogP contribution in [0.3, 0.4) is 0 Å². The van der Waals surface area contributed by atoms with E-state index >= 15 is 0 Å². The molecule has 1 saturated carbocycles. The molecule has 3 heterocycles. The first kappa shape index (κ1) is 28.6. The minimum atomic E-state index is -0.671. The van der Waals surface area contributed by atoms with Crippen molar-refractivity contribution in [2.45, 2.75) is 122 Å². The van der Waals surface area contributed by atoms with E-state index in [1.165, 1.54) is 0 Å². The molecule has 0 radical (unpaired) electrons. The normalized spacial score (nSPS) is 23.6. The number of likely N-dealkylation sites (tertiary alicyclic amines) is 1. The summed E-state index contributed by atoms with van der Waals surface area (Å²) < 4.78 is 17.6. The Kier molecular flexibility index (Phi) is 8.01. The van der Waals surface area contributed by atoms with Crippen molar-refractivity contribution in [2.75, 3.05) is 18.0 Å². The Labute approximate surface area is 227 Å². The number of hydrogen-bond donors (Lipinski definition) is 1. The van der Waals surface area contributed by atoms with Gasteiger partial charge < -0.3 is 29.2 Å². The SMILES string of the molecule is C[C@@H](NC(=O)OC(C)(C)C)C(=O)N1CCCC[C@H]1CN(c1ncc(B2OC(C)(C)C(C)(C)O2)cn1)C1CC1. The third-order valence-corrected chi connectivity index (χ3v) is 7.85. The van der Waals surface area contributed by atoms with Crippen molar-refractivity contribution in [2.24, 2.45) is 0 Å². The molecule has 0 unspecified atom stereocenters. The summed E-state index contributed by atoms with van der Waals surface area (Å²) in [5, 5.41) is 2.70. The van der Waals surface area contributed by atoms with Crippen molar-refractivity contribution in [3.8, 4) is 0 Å². The van der Waals surface area contributed by atoms with Gasteiger partial charge >= 0.3 is 13.2 Å². The maximum atomic E-state index is 13.4. The zero-order chi connectivity index (χ0) is 27.9. The average molecular weight is 529 g/mol. The van der Waals surface area contributed by atoms with Gasteiger partial charge in [-0.2, -0.15) is 0 Å². The van der Waals surface area contributed by atoms with Crippen LogP contribution in [0.2, 0.25) is 0 Å². The molecule has 11 heteroatoms. The molecular formula is C27H44BN5O5. The van der Waals surface area contributed by atoms with E-state index in [-0.39, 0.29) is 11.9 Å². The molecule has 3 aliphatic rings. The lowest BCUT2D eigenvalue weighted by molar-refractivity contribution is -0.136. The van der Waals surface area contributed by atoms with Crippen LogP contribution in [0.4, 0.5) is 10.7 Å². The topological polar surface area (TPSA) is 106 Å². The van der Waals surface area contributed by atoms with Gasteiger partial charge in [0.25, 0.3) is 0 Å². The number of alkyl carbamates (subject to hydrolysis) is 1. The lowest BCUT2D eigenvalue weighted by Gasteiger charge is -2.40.